The SMILES string of the molecule is CCOC(=O)c1c(C)oc2nc(CN(C)Cc3cccc(F)c3)[nH]c(=O)c12. The minimum absolute atomic E-state index is 0.0856. The van der Waals surface area contributed by atoms with Crippen LogP contribution in [0.4, 0.5) is 4.39 Å². The summed E-state index contributed by atoms with van der Waals surface area (Å²) >= 11 is 0. The van der Waals surface area contributed by atoms with Crippen molar-refractivity contribution in [2.24, 2.45) is 0 Å². The summed E-state index contributed by atoms with van der Waals surface area (Å²) in [7, 11) is 1.83. The highest BCUT2D eigenvalue weighted by Gasteiger charge is 2.23. The fourth-order valence-corrected chi connectivity index (χ4v) is 2.95. The highest BCUT2D eigenvalue weighted by atomic mass is 19.1. The van der Waals surface area contributed by atoms with Crippen LogP contribution in [0.2, 0.25) is 0 Å². The van der Waals surface area contributed by atoms with Crippen LogP contribution < -0.4 is 5.56 Å². The molecule has 0 saturated carbocycles. The van der Waals surface area contributed by atoms with Crippen molar-refractivity contribution in [3.05, 3.63) is 63.1 Å². The summed E-state index contributed by atoms with van der Waals surface area (Å²) in [6.07, 6.45) is 0. The Labute approximate surface area is 154 Å². The van der Waals surface area contributed by atoms with Crippen LogP contribution in [0.1, 0.15) is 34.4 Å². The first-order valence-electron chi connectivity index (χ1n) is 8.51. The monoisotopic (exact) mass is 373 g/mol. The zero-order chi connectivity index (χ0) is 19.6. The summed E-state index contributed by atoms with van der Waals surface area (Å²) in [6, 6.07) is 6.31. The van der Waals surface area contributed by atoms with Gasteiger partial charge >= 0.3 is 5.97 Å². The minimum Gasteiger partial charge on any atom is -0.462 e. The zero-order valence-electron chi connectivity index (χ0n) is 15.3. The number of rotatable bonds is 6. The molecule has 1 N–H and O–H groups in total. The van der Waals surface area contributed by atoms with Crippen molar-refractivity contribution in [1.82, 2.24) is 14.9 Å². The molecule has 2 aromatic heterocycles. The molecule has 1 aromatic carbocycles. The van der Waals surface area contributed by atoms with Gasteiger partial charge in [-0.2, -0.15) is 4.98 Å². The first-order valence-corrected chi connectivity index (χ1v) is 8.51. The third kappa shape index (κ3) is 4.06. The number of aryl methyl sites for hydroxylation is 1. The van der Waals surface area contributed by atoms with Crippen molar-refractivity contribution in [3.63, 3.8) is 0 Å². The average Bonchev–Trinajstić information content (AvgIpc) is 2.91. The molecule has 0 aliphatic carbocycles. The van der Waals surface area contributed by atoms with Crippen molar-refractivity contribution < 1.29 is 18.3 Å². The number of benzene rings is 1. The van der Waals surface area contributed by atoms with Crippen LogP contribution in [-0.4, -0.2) is 34.5 Å². The number of esters is 1. The van der Waals surface area contributed by atoms with Gasteiger partial charge in [-0.05, 0) is 38.6 Å². The van der Waals surface area contributed by atoms with Crippen molar-refractivity contribution in [2.45, 2.75) is 26.9 Å². The number of ether oxygens (including phenoxy) is 1. The molecule has 0 saturated heterocycles. The molecule has 3 aromatic rings. The number of nitrogens with zero attached hydrogens (tertiary/aromatic N) is 2. The smallest absolute Gasteiger partial charge is 0.342 e. The molecule has 0 atom stereocenters. The Morgan fingerprint density at radius 3 is 2.85 bits per heavy atom. The van der Waals surface area contributed by atoms with Gasteiger partial charge in [0.05, 0.1) is 13.2 Å². The van der Waals surface area contributed by atoms with Crippen LogP contribution in [-0.2, 0) is 17.8 Å². The summed E-state index contributed by atoms with van der Waals surface area (Å²) in [5.41, 5.74) is 0.530. The number of carbonyl (C=O) groups excluding carboxylic acids is 1. The van der Waals surface area contributed by atoms with Gasteiger partial charge in [0.2, 0.25) is 5.71 Å². The lowest BCUT2D eigenvalue weighted by Gasteiger charge is -2.15. The van der Waals surface area contributed by atoms with Crippen molar-refractivity contribution in [2.75, 3.05) is 13.7 Å². The Hall–Kier alpha value is -3.00. The van der Waals surface area contributed by atoms with Gasteiger partial charge in [0, 0.05) is 6.54 Å². The number of halogens is 1. The van der Waals surface area contributed by atoms with Crippen molar-refractivity contribution >= 4 is 17.1 Å². The van der Waals surface area contributed by atoms with Crippen LogP contribution >= 0.6 is 0 Å². The molecular weight excluding hydrogens is 353 g/mol. The normalized spacial score (nSPS) is 11.3. The van der Waals surface area contributed by atoms with E-state index in [-0.39, 0.29) is 34.8 Å². The Kier molecular flexibility index (Phi) is 5.36. The Morgan fingerprint density at radius 2 is 2.15 bits per heavy atom. The predicted octanol–water partition coefficient (Wildman–Crippen LogP) is 2.77. The molecule has 0 aliphatic rings. The molecule has 2 heterocycles. The fourth-order valence-electron chi connectivity index (χ4n) is 2.95. The minimum atomic E-state index is -0.614. The quantitative estimate of drug-likeness (QED) is 0.669. The number of H-pyrrole nitrogens is 1. The lowest BCUT2D eigenvalue weighted by atomic mass is 10.2. The van der Waals surface area contributed by atoms with Gasteiger partial charge in [0.15, 0.2) is 0 Å². The van der Waals surface area contributed by atoms with E-state index in [9.17, 15) is 14.0 Å². The van der Waals surface area contributed by atoms with E-state index < -0.39 is 11.5 Å². The van der Waals surface area contributed by atoms with Crippen LogP contribution in [0.25, 0.3) is 11.1 Å². The molecule has 0 fully saturated rings. The second kappa shape index (κ2) is 7.71. The molecule has 142 valence electrons. The van der Waals surface area contributed by atoms with Gasteiger partial charge in [-0.1, -0.05) is 12.1 Å². The number of hydrogen-bond donors (Lipinski definition) is 1. The van der Waals surface area contributed by atoms with Crippen molar-refractivity contribution in [3.8, 4) is 0 Å². The van der Waals surface area contributed by atoms with Gasteiger partial charge in [0.25, 0.3) is 5.56 Å². The van der Waals surface area contributed by atoms with Crippen LogP contribution in [0.15, 0.2) is 33.5 Å². The predicted molar refractivity (Wildman–Crippen MR) is 96.9 cm³/mol. The number of nitrogens with one attached hydrogen (secondary N) is 1. The Bertz CT molecular complexity index is 1040. The van der Waals surface area contributed by atoms with E-state index in [0.29, 0.717) is 18.9 Å². The molecule has 27 heavy (non-hydrogen) atoms. The molecule has 8 heteroatoms. The standard InChI is InChI=1S/C19H20FN3O4/c1-4-26-19(25)15-11(2)27-18-16(15)17(24)21-14(22-18)10-23(3)9-12-6-5-7-13(20)8-12/h5-8H,4,9-10H2,1-3H3,(H,21,22,24). The van der Waals surface area contributed by atoms with E-state index in [1.165, 1.54) is 12.1 Å². The third-order valence-electron chi connectivity index (χ3n) is 4.03. The van der Waals surface area contributed by atoms with E-state index in [4.69, 9.17) is 9.15 Å². The number of aromatic amines is 1. The lowest BCUT2D eigenvalue weighted by Crippen LogP contribution is -2.22. The van der Waals surface area contributed by atoms with E-state index in [1.54, 1.807) is 19.9 Å². The van der Waals surface area contributed by atoms with Gasteiger partial charge in [-0.25, -0.2) is 9.18 Å². The first-order chi connectivity index (χ1) is 12.9. The van der Waals surface area contributed by atoms with Gasteiger partial charge in [0.1, 0.15) is 28.4 Å². The second-order valence-electron chi connectivity index (χ2n) is 6.25. The molecule has 0 amide bonds. The number of fused-ring (bicyclic) bond motifs is 1. The third-order valence-corrected chi connectivity index (χ3v) is 4.03. The van der Waals surface area contributed by atoms with Gasteiger partial charge in [-0.15, -0.1) is 0 Å². The molecular formula is C19H20FN3O4. The molecule has 0 bridgehead atoms. The summed E-state index contributed by atoms with van der Waals surface area (Å²) in [4.78, 5) is 33.4. The molecule has 0 unspecified atom stereocenters. The summed E-state index contributed by atoms with van der Waals surface area (Å²) in [6.45, 7) is 4.26. The zero-order valence-corrected chi connectivity index (χ0v) is 15.3. The fraction of sp³-hybridized carbons (Fsp3) is 0.316. The van der Waals surface area contributed by atoms with E-state index in [2.05, 4.69) is 9.97 Å². The number of hydrogen-bond acceptors (Lipinski definition) is 6. The maximum absolute atomic E-state index is 13.3. The summed E-state index contributed by atoms with van der Waals surface area (Å²) in [5, 5.41) is 0.0856. The number of aromatic nitrogens is 2. The maximum atomic E-state index is 13.3. The van der Waals surface area contributed by atoms with E-state index in [1.807, 2.05) is 18.0 Å². The Balaban J connectivity index is 1.86. The van der Waals surface area contributed by atoms with Crippen LogP contribution in [0, 0.1) is 12.7 Å². The number of carbonyl (C=O) groups is 1. The summed E-state index contributed by atoms with van der Waals surface area (Å²) < 4.78 is 23.8. The van der Waals surface area contributed by atoms with Gasteiger partial charge < -0.3 is 14.1 Å². The van der Waals surface area contributed by atoms with E-state index >= 15 is 0 Å². The lowest BCUT2D eigenvalue weighted by molar-refractivity contribution is 0.0526. The van der Waals surface area contributed by atoms with Crippen LogP contribution in [0.5, 0.6) is 0 Å². The highest BCUT2D eigenvalue weighted by molar-refractivity contribution is 6.03. The largest absolute Gasteiger partial charge is 0.462 e. The molecule has 0 aliphatic heterocycles. The van der Waals surface area contributed by atoms with Gasteiger partial charge in [-0.3, -0.25) is 9.69 Å². The molecule has 7 nitrogen and oxygen atoms in total. The molecule has 0 radical (unpaired) electrons. The first kappa shape index (κ1) is 18.8. The summed E-state index contributed by atoms with van der Waals surface area (Å²) in [5.74, 6) is -0.245. The van der Waals surface area contributed by atoms with Crippen molar-refractivity contribution in [1.29, 1.82) is 0 Å². The number of furan rings is 1. The average molecular weight is 373 g/mol. The van der Waals surface area contributed by atoms with Crippen LogP contribution in [0.3, 0.4) is 0 Å². The van der Waals surface area contributed by atoms with E-state index in [0.717, 1.165) is 5.56 Å². The molecule has 3 rings (SSSR count). The second-order valence-corrected chi connectivity index (χ2v) is 6.25. The molecule has 0 spiro atoms. The topological polar surface area (TPSA) is 88.4 Å². The Morgan fingerprint density at radius 1 is 1.37 bits per heavy atom. The highest BCUT2D eigenvalue weighted by Crippen LogP contribution is 2.22. The maximum Gasteiger partial charge on any atom is 0.342 e.